The quantitative estimate of drug-likeness (QED) is 0.929. The van der Waals surface area contributed by atoms with Gasteiger partial charge in [0.1, 0.15) is 6.04 Å². The van der Waals surface area contributed by atoms with Gasteiger partial charge in [-0.05, 0) is 37.1 Å². The number of rotatable bonds is 3. The Morgan fingerprint density at radius 1 is 1.38 bits per heavy atom. The molecule has 1 saturated heterocycles. The molecule has 0 radical (unpaired) electrons. The highest BCUT2D eigenvalue weighted by Gasteiger charge is 2.31. The summed E-state index contributed by atoms with van der Waals surface area (Å²) in [5.74, 6) is -0.276. The van der Waals surface area contributed by atoms with E-state index in [0.29, 0.717) is 13.0 Å². The molecule has 21 heavy (non-hydrogen) atoms. The molecule has 0 aromatic carbocycles. The Kier molecular flexibility index (Phi) is 3.68. The summed E-state index contributed by atoms with van der Waals surface area (Å²) in [7, 11) is 0. The number of amides is 2. The minimum absolute atomic E-state index is 0.117. The van der Waals surface area contributed by atoms with Crippen molar-refractivity contribution in [3.05, 3.63) is 48.7 Å². The molecule has 0 aliphatic carbocycles. The Balaban J connectivity index is 1.72. The maximum absolute atomic E-state index is 12.5. The second kappa shape index (κ2) is 5.78. The molecule has 0 bridgehead atoms. The summed E-state index contributed by atoms with van der Waals surface area (Å²) in [6, 6.07) is 6.30. The summed E-state index contributed by atoms with van der Waals surface area (Å²) in [4.78, 5) is 30.1. The van der Waals surface area contributed by atoms with E-state index in [9.17, 15) is 9.59 Å². The summed E-state index contributed by atoms with van der Waals surface area (Å²) in [5.41, 5.74) is 0.749. The van der Waals surface area contributed by atoms with Gasteiger partial charge in [-0.2, -0.15) is 0 Å². The minimum Gasteiger partial charge on any atom is -0.459 e. The summed E-state index contributed by atoms with van der Waals surface area (Å²) in [5, 5.41) is 2.73. The van der Waals surface area contributed by atoms with Gasteiger partial charge in [0, 0.05) is 12.7 Å². The van der Waals surface area contributed by atoms with E-state index in [1.165, 1.54) is 6.26 Å². The second-order valence-electron chi connectivity index (χ2n) is 4.85. The first kappa shape index (κ1) is 13.4. The predicted molar refractivity (Wildman–Crippen MR) is 75.8 cm³/mol. The fraction of sp³-hybridized carbons (Fsp3) is 0.267. The van der Waals surface area contributed by atoms with Crippen LogP contribution in [0.4, 0.5) is 5.69 Å². The van der Waals surface area contributed by atoms with Crippen molar-refractivity contribution in [3.63, 3.8) is 0 Å². The highest BCUT2D eigenvalue weighted by molar-refractivity contribution is 6.01. The van der Waals surface area contributed by atoms with E-state index < -0.39 is 6.04 Å². The molecular formula is C15H15N3O3. The number of carbonyl (C=O) groups excluding carboxylic acids is 2. The Hall–Kier alpha value is -2.63. The van der Waals surface area contributed by atoms with Gasteiger partial charge in [0.25, 0.3) is 5.91 Å². The molecule has 1 atom stereocenters. The molecule has 6 heteroatoms. The van der Waals surface area contributed by atoms with Gasteiger partial charge >= 0.3 is 0 Å². The van der Waals surface area contributed by atoms with Crippen LogP contribution in [0.25, 0.3) is 0 Å². The highest BCUT2D eigenvalue weighted by Crippen LogP contribution is 2.20. The van der Waals surface area contributed by atoms with Crippen molar-refractivity contribution in [2.75, 3.05) is 11.4 Å². The molecule has 3 rings (SSSR count). The van der Waals surface area contributed by atoms with E-state index >= 15 is 0 Å². The molecule has 2 aromatic rings. The number of nitrogens with zero attached hydrogens (tertiary/aromatic N) is 2. The zero-order valence-electron chi connectivity index (χ0n) is 11.4. The standard InChI is InChI=1S/C15H15N3O3/c19-14(13-6-3-9-21-13)17-12-5-2-8-18(15(12)20)11-4-1-7-16-10-11/h1,3-4,6-7,9-10,12H,2,5,8H2,(H,17,19)/t12-/m1/s1. The number of piperidine rings is 1. The van der Waals surface area contributed by atoms with E-state index in [2.05, 4.69) is 10.3 Å². The molecule has 1 N–H and O–H groups in total. The van der Waals surface area contributed by atoms with Crippen molar-refractivity contribution in [1.29, 1.82) is 0 Å². The molecule has 0 saturated carbocycles. The lowest BCUT2D eigenvalue weighted by Gasteiger charge is -2.32. The third-order valence-electron chi connectivity index (χ3n) is 3.45. The highest BCUT2D eigenvalue weighted by atomic mass is 16.3. The Morgan fingerprint density at radius 3 is 3.00 bits per heavy atom. The van der Waals surface area contributed by atoms with Crippen molar-refractivity contribution in [1.82, 2.24) is 10.3 Å². The van der Waals surface area contributed by atoms with Crippen molar-refractivity contribution in [2.24, 2.45) is 0 Å². The molecule has 6 nitrogen and oxygen atoms in total. The van der Waals surface area contributed by atoms with Crippen LogP contribution in [0.15, 0.2) is 47.3 Å². The van der Waals surface area contributed by atoms with Crippen LogP contribution in [0.5, 0.6) is 0 Å². The summed E-state index contributed by atoms with van der Waals surface area (Å²) in [6.07, 6.45) is 6.19. The van der Waals surface area contributed by atoms with Crippen LogP contribution in [0.3, 0.4) is 0 Å². The van der Waals surface area contributed by atoms with Crippen molar-refractivity contribution in [2.45, 2.75) is 18.9 Å². The normalized spacial score (nSPS) is 18.6. The number of hydrogen-bond donors (Lipinski definition) is 1. The SMILES string of the molecule is O=C(N[C@@H]1CCCN(c2cccnc2)C1=O)c1ccco1. The zero-order valence-corrected chi connectivity index (χ0v) is 11.4. The van der Waals surface area contributed by atoms with Gasteiger partial charge in [0.2, 0.25) is 5.91 Å². The second-order valence-corrected chi connectivity index (χ2v) is 4.85. The van der Waals surface area contributed by atoms with Crippen LogP contribution in [-0.2, 0) is 4.79 Å². The maximum atomic E-state index is 12.5. The number of hydrogen-bond acceptors (Lipinski definition) is 4. The average molecular weight is 285 g/mol. The van der Waals surface area contributed by atoms with E-state index in [1.807, 2.05) is 6.07 Å². The first-order valence-electron chi connectivity index (χ1n) is 6.81. The van der Waals surface area contributed by atoms with E-state index in [1.54, 1.807) is 35.5 Å². The Morgan fingerprint density at radius 2 is 2.29 bits per heavy atom. The topological polar surface area (TPSA) is 75.4 Å². The Bertz CT molecular complexity index is 625. The number of anilines is 1. The third-order valence-corrected chi connectivity index (χ3v) is 3.45. The van der Waals surface area contributed by atoms with Crippen LogP contribution < -0.4 is 10.2 Å². The average Bonchev–Trinajstić information content (AvgIpc) is 3.05. The Labute approximate surface area is 121 Å². The van der Waals surface area contributed by atoms with Gasteiger partial charge in [-0.1, -0.05) is 0 Å². The predicted octanol–water partition coefficient (Wildman–Crippen LogP) is 1.60. The summed E-state index contributed by atoms with van der Waals surface area (Å²) >= 11 is 0. The molecule has 2 amide bonds. The van der Waals surface area contributed by atoms with Gasteiger partial charge in [-0.15, -0.1) is 0 Å². The van der Waals surface area contributed by atoms with Crippen LogP contribution in [0.1, 0.15) is 23.4 Å². The van der Waals surface area contributed by atoms with Crippen molar-refractivity contribution >= 4 is 17.5 Å². The number of furan rings is 1. The molecule has 108 valence electrons. The smallest absolute Gasteiger partial charge is 0.287 e. The van der Waals surface area contributed by atoms with Crippen LogP contribution in [-0.4, -0.2) is 29.4 Å². The summed E-state index contributed by atoms with van der Waals surface area (Å²) in [6.45, 7) is 0.637. The number of carbonyl (C=O) groups is 2. The number of nitrogens with one attached hydrogen (secondary N) is 1. The van der Waals surface area contributed by atoms with E-state index in [0.717, 1.165) is 12.1 Å². The molecule has 1 fully saturated rings. The summed E-state index contributed by atoms with van der Waals surface area (Å²) < 4.78 is 5.04. The molecule has 2 aromatic heterocycles. The molecule has 3 heterocycles. The molecule has 0 unspecified atom stereocenters. The first-order chi connectivity index (χ1) is 10.3. The fourth-order valence-corrected chi connectivity index (χ4v) is 2.42. The van der Waals surface area contributed by atoms with Gasteiger partial charge in [-0.25, -0.2) is 0 Å². The lowest BCUT2D eigenvalue weighted by Crippen LogP contribution is -2.52. The van der Waals surface area contributed by atoms with Gasteiger partial charge in [-0.3, -0.25) is 14.6 Å². The van der Waals surface area contributed by atoms with E-state index in [-0.39, 0.29) is 17.6 Å². The fourth-order valence-electron chi connectivity index (χ4n) is 2.42. The molecule has 0 spiro atoms. The lowest BCUT2D eigenvalue weighted by molar-refractivity contribution is -0.121. The largest absolute Gasteiger partial charge is 0.459 e. The van der Waals surface area contributed by atoms with Crippen LogP contribution in [0.2, 0.25) is 0 Å². The molecule has 1 aliphatic rings. The molecular weight excluding hydrogens is 270 g/mol. The number of pyridine rings is 1. The van der Waals surface area contributed by atoms with Crippen LogP contribution in [0, 0.1) is 0 Å². The molecule has 1 aliphatic heterocycles. The van der Waals surface area contributed by atoms with E-state index in [4.69, 9.17) is 4.42 Å². The van der Waals surface area contributed by atoms with Crippen LogP contribution >= 0.6 is 0 Å². The third kappa shape index (κ3) is 2.79. The zero-order chi connectivity index (χ0) is 14.7. The first-order valence-corrected chi connectivity index (χ1v) is 6.81. The minimum atomic E-state index is -0.531. The monoisotopic (exact) mass is 285 g/mol. The number of aromatic nitrogens is 1. The van der Waals surface area contributed by atoms with Gasteiger partial charge in [0.05, 0.1) is 18.1 Å². The van der Waals surface area contributed by atoms with Gasteiger partial charge < -0.3 is 14.6 Å². The lowest BCUT2D eigenvalue weighted by atomic mass is 10.0. The maximum Gasteiger partial charge on any atom is 0.287 e. The van der Waals surface area contributed by atoms with Crippen molar-refractivity contribution < 1.29 is 14.0 Å². The van der Waals surface area contributed by atoms with Gasteiger partial charge in [0.15, 0.2) is 5.76 Å². The van der Waals surface area contributed by atoms with Crippen molar-refractivity contribution in [3.8, 4) is 0 Å².